The Labute approximate surface area is 162 Å². The molecule has 138 valence electrons. The zero-order chi connectivity index (χ0) is 18.8. The molecule has 2 heterocycles. The largest absolute Gasteiger partial charge is 0.486 e. The molecular weight excluding hydrogens is 360 g/mol. The number of thioether (sulfide) groups is 1. The zero-order valence-electron chi connectivity index (χ0n) is 15.2. The number of carbonyl (C=O) groups is 1. The zero-order valence-corrected chi connectivity index (χ0v) is 16.0. The first kappa shape index (κ1) is 17.7. The summed E-state index contributed by atoms with van der Waals surface area (Å²) in [6, 6.07) is 15.5. The van der Waals surface area contributed by atoms with Gasteiger partial charge in [0, 0.05) is 17.1 Å². The van der Waals surface area contributed by atoms with Crippen LogP contribution in [0.25, 0.3) is 10.9 Å². The third-order valence-electron chi connectivity index (χ3n) is 4.38. The number of amides is 1. The number of ether oxygens (including phenoxy) is 2. The molecule has 0 saturated heterocycles. The maximum absolute atomic E-state index is 12.6. The summed E-state index contributed by atoms with van der Waals surface area (Å²) in [6.45, 7) is 5.01. The van der Waals surface area contributed by atoms with Crippen molar-refractivity contribution in [3.8, 4) is 11.5 Å². The summed E-state index contributed by atoms with van der Waals surface area (Å²) in [5, 5.41) is 4.63. The van der Waals surface area contributed by atoms with Gasteiger partial charge >= 0.3 is 0 Å². The molecule has 2 aromatic carbocycles. The van der Waals surface area contributed by atoms with Crippen molar-refractivity contribution in [2.75, 3.05) is 18.5 Å². The van der Waals surface area contributed by atoms with Crippen molar-refractivity contribution >= 4 is 34.3 Å². The molecule has 0 spiro atoms. The number of aromatic nitrogens is 1. The van der Waals surface area contributed by atoms with Crippen LogP contribution in [0.15, 0.2) is 53.6 Å². The van der Waals surface area contributed by atoms with E-state index < -0.39 is 0 Å². The lowest BCUT2D eigenvalue weighted by Gasteiger charge is -2.19. The van der Waals surface area contributed by atoms with Crippen LogP contribution in [0.1, 0.15) is 12.5 Å². The van der Waals surface area contributed by atoms with Crippen LogP contribution in [0.4, 0.5) is 5.69 Å². The second-order valence-corrected chi connectivity index (χ2v) is 7.76. The second-order valence-electron chi connectivity index (χ2n) is 6.40. The van der Waals surface area contributed by atoms with Crippen LogP contribution in [0.5, 0.6) is 11.5 Å². The van der Waals surface area contributed by atoms with Crippen molar-refractivity contribution in [2.24, 2.45) is 0 Å². The van der Waals surface area contributed by atoms with Gasteiger partial charge in [-0.2, -0.15) is 0 Å². The van der Waals surface area contributed by atoms with Crippen LogP contribution >= 0.6 is 11.8 Å². The molecule has 0 saturated carbocycles. The minimum absolute atomic E-state index is 0.0794. The van der Waals surface area contributed by atoms with E-state index >= 15 is 0 Å². The van der Waals surface area contributed by atoms with Crippen molar-refractivity contribution in [1.82, 2.24) is 4.98 Å². The molecule has 0 radical (unpaired) electrons. The number of para-hydroxylation sites is 1. The van der Waals surface area contributed by atoms with Crippen LogP contribution < -0.4 is 14.8 Å². The highest BCUT2D eigenvalue weighted by Crippen LogP contribution is 2.33. The van der Waals surface area contributed by atoms with E-state index in [0.29, 0.717) is 30.4 Å². The highest BCUT2D eigenvalue weighted by molar-refractivity contribution is 8.00. The van der Waals surface area contributed by atoms with E-state index in [1.165, 1.54) is 11.8 Å². The van der Waals surface area contributed by atoms with E-state index in [2.05, 4.69) is 23.3 Å². The molecule has 1 N–H and O–H groups in total. The number of benzene rings is 2. The number of anilines is 1. The number of hydrogen-bond donors (Lipinski definition) is 1. The molecule has 0 aliphatic carbocycles. The number of hydrogen-bond acceptors (Lipinski definition) is 5. The highest BCUT2D eigenvalue weighted by atomic mass is 32.2. The van der Waals surface area contributed by atoms with Crippen LogP contribution in [-0.2, 0) is 4.79 Å². The first-order chi connectivity index (χ1) is 13.1. The maximum Gasteiger partial charge on any atom is 0.237 e. The minimum atomic E-state index is -0.286. The third-order valence-corrected chi connectivity index (χ3v) is 5.39. The Hall–Kier alpha value is -2.73. The van der Waals surface area contributed by atoms with Crippen molar-refractivity contribution in [1.29, 1.82) is 0 Å². The number of rotatable bonds is 4. The lowest BCUT2D eigenvalue weighted by molar-refractivity contribution is -0.115. The van der Waals surface area contributed by atoms with Gasteiger partial charge in [0.05, 0.1) is 15.8 Å². The predicted molar refractivity (Wildman–Crippen MR) is 108 cm³/mol. The van der Waals surface area contributed by atoms with Crippen LogP contribution in [0.3, 0.4) is 0 Å². The molecule has 1 aromatic heterocycles. The van der Waals surface area contributed by atoms with Crippen LogP contribution in [0.2, 0.25) is 0 Å². The Bertz CT molecular complexity index is 1010. The van der Waals surface area contributed by atoms with E-state index in [-0.39, 0.29) is 11.2 Å². The fourth-order valence-corrected chi connectivity index (χ4v) is 3.90. The van der Waals surface area contributed by atoms with Gasteiger partial charge in [-0.25, -0.2) is 4.98 Å². The quantitative estimate of drug-likeness (QED) is 0.679. The van der Waals surface area contributed by atoms with Crippen LogP contribution in [-0.4, -0.2) is 29.4 Å². The van der Waals surface area contributed by atoms with Crippen molar-refractivity contribution < 1.29 is 14.3 Å². The molecule has 5 nitrogen and oxygen atoms in total. The molecule has 6 heteroatoms. The van der Waals surface area contributed by atoms with E-state index in [0.717, 1.165) is 21.5 Å². The van der Waals surface area contributed by atoms with Crippen LogP contribution in [0, 0.1) is 6.92 Å². The van der Waals surface area contributed by atoms with Gasteiger partial charge in [0.25, 0.3) is 0 Å². The van der Waals surface area contributed by atoms with Gasteiger partial charge in [0.15, 0.2) is 11.5 Å². The standard InChI is InChI=1S/C21H20N2O3S/c1-13-11-20(23-17-6-4-3-5-16(13)17)27-14(2)21(24)22-15-7-8-18-19(12-15)26-10-9-25-18/h3-8,11-12,14H,9-10H2,1-2H3,(H,22,24). The number of nitrogens with zero attached hydrogens (tertiary/aromatic N) is 1. The SMILES string of the molecule is Cc1cc(SC(C)C(=O)Nc2ccc3c(c2)OCCO3)nc2ccccc12. The summed E-state index contributed by atoms with van der Waals surface area (Å²) in [6.07, 6.45) is 0. The fourth-order valence-electron chi connectivity index (χ4n) is 2.98. The Morgan fingerprint density at radius 3 is 2.74 bits per heavy atom. The maximum atomic E-state index is 12.6. The monoisotopic (exact) mass is 380 g/mol. The van der Waals surface area contributed by atoms with Gasteiger partial charge in [-0.05, 0) is 43.7 Å². The molecule has 1 aliphatic heterocycles. The van der Waals surface area contributed by atoms with E-state index in [9.17, 15) is 4.79 Å². The number of fused-ring (bicyclic) bond motifs is 2. The first-order valence-electron chi connectivity index (χ1n) is 8.84. The molecule has 27 heavy (non-hydrogen) atoms. The Morgan fingerprint density at radius 1 is 1.11 bits per heavy atom. The predicted octanol–water partition coefficient (Wildman–Crippen LogP) is 4.43. The average molecular weight is 380 g/mol. The molecule has 1 aliphatic rings. The molecule has 0 bridgehead atoms. The molecule has 1 unspecified atom stereocenters. The van der Waals surface area contributed by atoms with E-state index in [1.54, 1.807) is 6.07 Å². The van der Waals surface area contributed by atoms with Gasteiger partial charge < -0.3 is 14.8 Å². The topological polar surface area (TPSA) is 60.5 Å². The fraction of sp³-hybridized carbons (Fsp3) is 0.238. The second kappa shape index (κ2) is 7.48. The number of pyridine rings is 1. The number of carbonyl (C=O) groups excluding carboxylic acids is 1. The summed E-state index contributed by atoms with van der Waals surface area (Å²) >= 11 is 1.45. The first-order valence-corrected chi connectivity index (χ1v) is 9.72. The van der Waals surface area contributed by atoms with Gasteiger partial charge in [-0.1, -0.05) is 30.0 Å². The smallest absolute Gasteiger partial charge is 0.237 e. The lowest BCUT2D eigenvalue weighted by atomic mass is 10.1. The Kier molecular flexibility index (Phi) is 4.90. The summed E-state index contributed by atoms with van der Waals surface area (Å²) in [5.41, 5.74) is 2.79. The molecule has 0 fully saturated rings. The van der Waals surface area contributed by atoms with E-state index in [4.69, 9.17) is 9.47 Å². The normalized spacial score (nSPS) is 14.0. The van der Waals surface area contributed by atoms with Gasteiger partial charge in [0.2, 0.25) is 5.91 Å². The number of aryl methyl sites for hydroxylation is 1. The molecule has 1 atom stereocenters. The van der Waals surface area contributed by atoms with E-state index in [1.807, 2.05) is 43.3 Å². The molecule has 4 rings (SSSR count). The lowest BCUT2D eigenvalue weighted by Crippen LogP contribution is -2.23. The summed E-state index contributed by atoms with van der Waals surface area (Å²) in [5.74, 6) is 1.29. The van der Waals surface area contributed by atoms with Gasteiger partial charge in [0.1, 0.15) is 13.2 Å². The summed E-state index contributed by atoms with van der Waals surface area (Å²) in [7, 11) is 0. The summed E-state index contributed by atoms with van der Waals surface area (Å²) in [4.78, 5) is 17.3. The average Bonchev–Trinajstić information content (AvgIpc) is 2.68. The number of nitrogens with one attached hydrogen (secondary N) is 1. The van der Waals surface area contributed by atoms with Crippen molar-refractivity contribution in [3.63, 3.8) is 0 Å². The van der Waals surface area contributed by atoms with Gasteiger partial charge in [-0.3, -0.25) is 4.79 Å². The van der Waals surface area contributed by atoms with Crippen molar-refractivity contribution in [2.45, 2.75) is 24.1 Å². The Balaban J connectivity index is 1.46. The Morgan fingerprint density at radius 2 is 1.89 bits per heavy atom. The molecule has 3 aromatic rings. The van der Waals surface area contributed by atoms with Gasteiger partial charge in [-0.15, -0.1) is 0 Å². The minimum Gasteiger partial charge on any atom is -0.486 e. The third kappa shape index (κ3) is 3.85. The van der Waals surface area contributed by atoms with Crippen molar-refractivity contribution in [3.05, 3.63) is 54.1 Å². The summed E-state index contributed by atoms with van der Waals surface area (Å²) < 4.78 is 11.1. The molecular formula is C21H20N2O3S. The molecule has 1 amide bonds. The highest BCUT2D eigenvalue weighted by Gasteiger charge is 2.18.